The summed E-state index contributed by atoms with van der Waals surface area (Å²) >= 11 is 1.59. The van der Waals surface area contributed by atoms with E-state index in [0.717, 1.165) is 44.0 Å². The van der Waals surface area contributed by atoms with E-state index in [4.69, 9.17) is 61.6 Å². The Labute approximate surface area is 529 Å². The molecular weight excluding hydrogens is 1140 g/mol. The van der Waals surface area contributed by atoms with E-state index in [-0.39, 0.29) is 39.1 Å². The van der Waals surface area contributed by atoms with Crippen LogP contribution in [0.5, 0.6) is 5.75 Å². The van der Waals surface area contributed by atoms with Crippen LogP contribution in [-0.2, 0) is 101 Å². The molecule has 1 unspecified atom stereocenters. The highest BCUT2D eigenvalue weighted by molar-refractivity contribution is 7.99. The lowest BCUT2D eigenvalue weighted by Crippen LogP contribution is -2.63. The van der Waals surface area contributed by atoms with Crippen molar-refractivity contribution in [3.05, 3.63) is 264 Å². The van der Waals surface area contributed by atoms with Gasteiger partial charge in [0.2, 0.25) is 0 Å². The van der Waals surface area contributed by atoms with Crippen LogP contribution in [0.25, 0.3) is 0 Å². The number of benzene rings is 7. The van der Waals surface area contributed by atoms with Crippen LogP contribution in [0, 0.1) is 0 Å². The number of ether oxygens (including phenoxy) is 13. The zero-order chi connectivity index (χ0) is 61.6. The number of methoxy groups -OCH3 is 2. The fraction of sp³-hybridized carbons (Fsp3) is 0.365. The van der Waals surface area contributed by atoms with Crippen molar-refractivity contribution >= 4 is 17.7 Å². The van der Waals surface area contributed by atoms with Crippen molar-refractivity contribution in [3.8, 4) is 5.75 Å². The molecule has 15 heteroatoms. The van der Waals surface area contributed by atoms with Crippen LogP contribution in [0.2, 0.25) is 0 Å². The van der Waals surface area contributed by atoms with Crippen LogP contribution in [0.3, 0.4) is 0 Å². The Kier molecular flexibility index (Phi) is 27.4. The van der Waals surface area contributed by atoms with Crippen molar-refractivity contribution in [3.63, 3.8) is 0 Å². The molecule has 9 rings (SSSR count). The standard InChI is InChI=1S/C74H84O14S/c1-74(70(82-44-42-72(75)77-3)45-67(84-51-59-29-16-7-17-30-59)69(88-74)54-80-48-57-25-12-5-13-26-57)71(85-52-60-31-18-8-19-32-60)46-73(89-63-33-20-9-21-34-63)87-65-36-22-35-64(83-50-58-27-14-6-15-28-58)68(53-79-47-56-23-10-4-11-24-56)86-66(65)41-43-78-55-81-49-61-37-39-62(76-2)40-38-61/h4-34,36-40,42,44,64-71,73H,35,41,43,45-55H2,1-3H3/b36-22-,44-42+/t64-,65+,66-,67+,68+,69-,70-,71-,73?,74-/m1/s1. The predicted octanol–water partition coefficient (Wildman–Crippen LogP) is 14.0. The normalized spacial score (nSPS) is 22.1. The Morgan fingerprint density at radius 1 is 0.584 bits per heavy atom. The van der Waals surface area contributed by atoms with E-state index in [9.17, 15) is 4.79 Å². The van der Waals surface area contributed by atoms with Crippen LogP contribution < -0.4 is 4.74 Å². The van der Waals surface area contributed by atoms with Crippen LogP contribution in [0.4, 0.5) is 0 Å². The van der Waals surface area contributed by atoms with Gasteiger partial charge in [-0.25, -0.2) is 4.79 Å². The van der Waals surface area contributed by atoms with Crippen molar-refractivity contribution in [2.75, 3.05) is 40.8 Å². The summed E-state index contributed by atoms with van der Waals surface area (Å²) in [7, 11) is 2.98. The Bertz CT molecular complexity index is 3110. The van der Waals surface area contributed by atoms with E-state index in [1.165, 1.54) is 19.4 Å². The summed E-state index contributed by atoms with van der Waals surface area (Å²) in [6, 6.07) is 68.4. The van der Waals surface area contributed by atoms with Crippen molar-refractivity contribution in [2.24, 2.45) is 0 Å². The van der Waals surface area contributed by atoms with Gasteiger partial charge in [-0.15, -0.1) is 0 Å². The average Bonchev–Trinajstić information content (AvgIpc) is 1.30. The third-order valence-corrected chi connectivity index (χ3v) is 16.7. The summed E-state index contributed by atoms with van der Waals surface area (Å²) in [4.78, 5) is 13.7. The highest BCUT2D eigenvalue weighted by atomic mass is 32.2. The summed E-state index contributed by atoms with van der Waals surface area (Å²) in [5, 5.41) is 0. The van der Waals surface area contributed by atoms with Crippen LogP contribution >= 0.6 is 11.8 Å². The van der Waals surface area contributed by atoms with Crippen molar-refractivity contribution in [1.82, 2.24) is 0 Å². The molecular formula is C74H84O14S. The summed E-state index contributed by atoms with van der Waals surface area (Å²) in [5.41, 5.74) is 4.26. The second kappa shape index (κ2) is 36.6. The molecule has 2 aliphatic heterocycles. The van der Waals surface area contributed by atoms with Crippen LogP contribution in [0.15, 0.2) is 236 Å². The molecule has 0 saturated carbocycles. The first-order valence-corrected chi connectivity index (χ1v) is 31.4. The Morgan fingerprint density at radius 3 is 1.67 bits per heavy atom. The summed E-state index contributed by atoms with van der Waals surface area (Å²) in [5.74, 6) is 0.213. The molecule has 0 amide bonds. The van der Waals surface area contributed by atoms with E-state index < -0.39 is 59.7 Å². The minimum absolute atomic E-state index is 0.0620. The molecule has 0 aromatic heterocycles. The zero-order valence-electron chi connectivity index (χ0n) is 51.2. The van der Waals surface area contributed by atoms with Crippen molar-refractivity contribution in [1.29, 1.82) is 0 Å². The maximum atomic E-state index is 12.7. The Hall–Kier alpha value is -6.96. The maximum absolute atomic E-state index is 12.7. The van der Waals surface area contributed by atoms with Gasteiger partial charge in [-0.05, 0) is 77.4 Å². The maximum Gasteiger partial charge on any atom is 0.333 e. The number of carbonyl (C=O) groups excluding carboxylic acids is 1. The summed E-state index contributed by atoms with van der Waals surface area (Å²) in [6.45, 7) is 4.90. The molecule has 0 radical (unpaired) electrons. The number of esters is 1. The molecule has 2 heterocycles. The third-order valence-electron chi connectivity index (χ3n) is 15.6. The molecule has 14 nitrogen and oxygen atoms in total. The Morgan fingerprint density at radius 2 is 1.10 bits per heavy atom. The van der Waals surface area contributed by atoms with Crippen LogP contribution in [-0.4, -0.2) is 107 Å². The summed E-state index contributed by atoms with van der Waals surface area (Å²) in [6.07, 6.45) is 3.84. The van der Waals surface area contributed by atoms with Gasteiger partial charge in [0.15, 0.2) is 0 Å². The van der Waals surface area contributed by atoms with Gasteiger partial charge in [0.25, 0.3) is 0 Å². The second-order valence-electron chi connectivity index (χ2n) is 22.1. The monoisotopic (exact) mass is 1230 g/mol. The fourth-order valence-corrected chi connectivity index (χ4v) is 11.8. The van der Waals surface area contributed by atoms with Gasteiger partial charge < -0.3 is 61.6 Å². The van der Waals surface area contributed by atoms with Crippen molar-refractivity contribution in [2.45, 2.75) is 137 Å². The first-order chi connectivity index (χ1) is 43.8. The van der Waals surface area contributed by atoms with E-state index >= 15 is 0 Å². The van der Waals surface area contributed by atoms with E-state index in [1.807, 2.05) is 177 Å². The molecule has 7 aromatic rings. The zero-order valence-corrected chi connectivity index (χ0v) is 52.0. The lowest BCUT2D eigenvalue weighted by atomic mass is 9.82. The van der Waals surface area contributed by atoms with Gasteiger partial charge in [0, 0.05) is 17.7 Å². The number of hydrogen-bond donors (Lipinski definition) is 0. The lowest BCUT2D eigenvalue weighted by Gasteiger charge is -2.50. The SMILES string of the molecule is COC(=O)/C=C/O[C@@H]1C[C@H](OCc2ccccc2)[C@@H](COCc2ccccc2)O[C@@]1(C)[C@@H](CC(O[C@H]1/C=C\C[C@@H](OCc2ccccc2)[C@H](COCc2ccccc2)O[C@@H]1CCOCOCc1ccc(OC)cc1)Sc1ccccc1)OCc1ccccc1. The molecule has 1 fully saturated rings. The van der Waals surface area contributed by atoms with Gasteiger partial charge in [-0.1, -0.05) is 206 Å². The van der Waals surface area contributed by atoms with Crippen LogP contribution in [0.1, 0.15) is 66.0 Å². The minimum Gasteiger partial charge on any atom is -0.497 e. The molecule has 2 aliphatic rings. The molecule has 1 saturated heterocycles. The second-order valence-corrected chi connectivity index (χ2v) is 23.3. The highest BCUT2D eigenvalue weighted by Gasteiger charge is 2.54. The van der Waals surface area contributed by atoms with E-state index in [1.54, 1.807) is 18.9 Å². The largest absolute Gasteiger partial charge is 0.497 e. The minimum atomic E-state index is -1.24. The fourth-order valence-electron chi connectivity index (χ4n) is 10.7. The molecule has 7 aromatic carbocycles. The van der Waals surface area contributed by atoms with Gasteiger partial charge in [-0.3, -0.25) is 0 Å². The first kappa shape index (κ1) is 66.5. The van der Waals surface area contributed by atoms with Gasteiger partial charge in [0.05, 0.1) is 110 Å². The van der Waals surface area contributed by atoms with Gasteiger partial charge in [0.1, 0.15) is 48.0 Å². The number of hydrogen-bond acceptors (Lipinski definition) is 15. The first-order valence-electron chi connectivity index (χ1n) is 30.6. The highest BCUT2D eigenvalue weighted by Crippen LogP contribution is 2.42. The Balaban J connectivity index is 1.05. The number of carbonyl (C=O) groups is 1. The number of rotatable bonds is 35. The number of thioether (sulfide) groups is 1. The van der Waals surface area contributed by atoms with E-state index in [2.05, 4.69) is 48.6 Å². The molecule has 0 N–H and O–H groups in total. The molecule has 10 atom stereocenters. The molecule has 470 valence electrons. The topological polar surface area (TPSA) is 137 Å². The summed E-state index contributed by atoms with van der Waals surface area (Å²) < 4.78 is 85.7. The quantitative estimate of drug-likeness (QED) is 0.00708. The molecule has 0 spiro atoms. The smallest absolute Gasteiger partial charge is 0.333 e. The average molecular weight is 1230 g/mol. The molecule has 89 heavy (non-hydrogen) atoms. The lowest BCUT2D eigenvalue weighted by molar-refractivity contribution is -0.281. The van der Waals surface area contributed by atoms with E-state index in [0.29, 0.717) is 58.9 Å². The van der Waals surface area contributed by atoms with Crippen molar-refractivity contribution < 1.29 is 66.4 Å². The molecule has 0 bridgehead atoms. The van der Waals surface area contributed by atoms with Gasteiger partial charge in [-0.2, -0.15) is 0 Å². The molecule has 0 aliphatic carbocycles. The predicted molar refractivity (Wildman–Crippen MR) is 342 cm³/mol. The van der Waals surface area contributed by atoms with Gasteiger partial charge >= 0.3 is 5.97 Å². The third kappa shape index (κ3) is 21.9.